The average Bonchev–Trinajstić information content (AvgIpc) is 1.81. The fourth-order valence-electron chi connectivity index (χ4n) is 11.0. The molecule has 13 aromatic rings. The first-order chi connectivity index (χ1) is 40.2. The van der Waals surface area contributed by atoms with Crippen LogP contribution in [-0.4, -0.2) is 24.1 Å². The van der Waals surface area contributed by atoms with Crippen LogP contribution in [0.25, 0.3) is 123 Å². The lowest BCUT2D eigenvalue weighted by atomic mass is 9.97. The molecule has 17 heteroatoms. The Labute approximate surface area is 469 Å². The Kier molecular flexibility index (Phi) is 12.6. The molecule has 10 aromatic carbocycles. The Morgan fingerprint density at radius 3 is 1.17 bits per heavy atom. The molecule has 0 aliphatic rings. The number of benzene rings is 10. The Bertz CT molecular complexity index is 4460. The number of nitrogens with zero attached hydrogens (tertiary/aromatic N) is 5. The monoisotopic (exact) mass is 1140 g/mol. The minimum absolute atomic E-state index is 0.0222. The number of para-hydroxylation sites is 3. The molecule has 0 spiro atoms. The largest absolute Gasteiger partial charge is 0.416 e. The van der Waals surface area contributed by atoms with Gasteiger partial charge in [-0.1, -0.05) is 146 Å². The molecular formula is C67H37F12N5. The normalized spacial score (nSPS) is 12.5. The van der Waals surface area contributed by atoms with Gasteiger partial charge in [-0.25, -0.2) is 15.0 Å². The zero-order valence-electron chi connectivity index (χ0n) is 43.1. The van der Waals surface area contributed by atoms with Gasteiger partial charge in [-0.05, 0) is 107 Å². The number of hydrogen-bond donors (Lipinski definition) is 0. The standard InChI is InChI=1S/C67H37F12N5/c68-64(69,70)45-29-43(30-46(36-45)65(71,72)73)40-23-26-52-53-27-24-41(44-31-47(66(74,75)76)37-48(32-44)67(77,78)79)35-59(53)84(58(52)34-40)57-28-25-42(50-20-12-21-54-51-19-10-11-22-56(51)83(60(50)54)49-17-8-3-9-18-49)33-55(57)63-81-61(38-13-4-1-5-14-38)80-62(82-63)39-15-6-2-7-16-39/h1-37H. The summed E-state index contributed by atoms with van der Waals surface area (Å²) in [5.74, 6) is 0.561. The summed E-state index contributed by atoms with van der Waals surface area (Å²) in [6.45, 7) is 0. The van der Waals surface area contributed by atoms with Crippen LogP contribution in [0.4, 0.5) is 52.7 Å². The van der Waals surface area contributed by atoms with E-state index in [4.69, 9.17) is 15.0 Å². The molecule has 0 radical (unpaired) electrons. The van der Waals surface area contributed by atoms with E-state index in [1.165, 1.54) is 36.4 Å². The van der Waals surface area contributed by atoms with E-state index in [9.17, 15) is 52.7 Å². The highest BCUT2D eigenvalue weighted by Gasteiger charge is 2.39. The molecule has 5 nitrogen and oxygen atoms in total. The van der Waals surface area contributed by atoms with Gasteiger partial charge in [-0.2, -0.15) is 52.7 Å². The maximum atomic E-state index is 14.5. The second kappa shape index (κ2) is 19.9. The molecule has 0 atom stereocenters. The molecule has 0 saturated heterocycles. The van der Waals surface area contributed by atoms with Crippen molar-refractivity contribution in [1.82, 2.24) is 24.1 Å². The smallest absolute Gasteiger partial charge is 0.309 e. The van der Waals surface area contributed by atoms with Crippen molar-refractivity contribution in [3.05, 3.63) is 247 Å². The first-order valence-electron chi connectivity index (χ1n) is 25.9. The molecule has 0 aliphatic carbocycles. The van der Waals surface area contributed by atoms with E-state index in [1.807, 2.05) is 97.1 Å². The van der Waals surface area contributed by atoms with Crippen molar-refractivity contribution in [3.8, 4) is 78.9 Å². The van der Waals surface area contributed by atoms with Gasteiger partial charge in [0.15, 0.2) is 17.5 Å². The Morgan fingerprint density at radius 1 is 0.262 bits per heavy atom. The third-order valence-electron chi connectivity index (χ3n) is 14.8. The number of aromatic nitrogens is 5. The number of rotatable bonds is 8. The van der Waals surface area contributed by atoms with Crippen LogP contribution >= 0.6 is 0 Å². The molecule has 84 heavy (non-hydrogen) atoms. The Hall–Kier alpha value is -10.0. The molecular weight excluding hydrogens is 1100 g/mol. The quantitative estimate of drug-likeness (QED) is 0.142. The van der Waals surface area contributed by atoms with E-state index in [0.717, 1.165) is 33.1 Å². The van der Waals surface area contributed by atoms with Gasteiger partial charge in [0.05, 0.1) is 50.0 Å². The third-order valence-corrected chi connectivity index (χ3v) is 14.8. The van der Waals surface area contributed by atoms with Crippen LogP contribution in [-0.2, 0) is 24.7 Å². The van der Waals surface area contributed by atoms with Crippen molar-refractivity contribution in [2.45, 2.75) is 24.7 Å². The summed E-state index contributed by atoms with van der Waals surface area (Å²) < 4.78 is 177. The van der Waals surface area contributed by atoms with Crippen LogP contribution < -0.4 is 0 Å². The van der Waals surface area contributed by atoms with Crippen molar-refractivity contribution in [2.75, 3.05) is 0 Å². The van der Waals surface area contributed by atoms with Crippen molar-refractivity contribution in [1.29, 1.82) is 0 Å². The maximum Gasteiger partial charge on any atom is 0.416 e. The Morgan fingerprint density at radius 2 is 0.679 bits per heavy atom. The lowest BCUT2D eigenvalue weighted by Crippen LogP contribution is -2.11. The van der Waals surface area contributed by atoms with E-state index in [2.05, 4.69) is 4.57 Å². The lowest BCUT2D eigenvalue weighted by Gasteiger charge is -2.18. The predicted octanol–water partition coefficient (Wildman–Crippen LogP) is 20.1. The molecule has 0 amide bonds. The van der Waals surface area contributed by atoms with E-state index in [1.54, 1.807) is 59.2 Å². The van der Waals surface area contributed by atoms with Crippen LogP contribution in [0.2, 0.25) is 0 Å². The fraction of sp³-hybridized carbons (Fsp3) is 0.0597. The summed E-state index contributed by atoms with van der Waals surface area (Å²) in [7, 11) is 0. The lowest BCUT2D eigenvalue weighted by molar-refractivity contribution is -0.144. The van der Waals surface area contributed by atoms with Crippen LogP contribution in [0.5, 0.6) is 0 Å². The maximum absolute atomic E-state index is 14.5. The highest BCUT2D eigenvalue weighted by molar-refractivity contribution is 6.15. The van der Waals surface area contributed by atoms with Crippen molar-refractivity contribution in [3.63, 3.8) is 0 Å². The summed E-state index contributed by atoms with van der Waals surface area (Å²) >= 11 is 0. The minimum Gasteiger partial charge on any atom is -0.309 e. The van der Waals surface area contributed by atoms with Gasteiger partial charge < -0.3 is 9.13 Å². The molecule has 0 aliphatic heterocycles. The van der Waals surface area contributed by atoms with Crippen molar-refractivity contribution >= 4 is 43.6 Å². The Balaban J connectivity index is 1.16. The number of fused-ring (bicyclic) bond motifs is 6. The van der Waals surface area contributed by atoms with E-state index in [-0.39, 0.29) is 63.0 Å². The van der Waals surface area contributed by atoms with Crippen LogP contribution in [0.3, 0.4) is 0 Å². The third kappa shape index (κ3) is 9.63. The first-order valence-corrected chi connectivity index (χ1v) is 25.9. The predicted molar refractivity (Wildman–Crippen MR) is 301 cm³/mol. The SMILES string of the molecule is FC(F)(F)c1cc(-c2ccc3c4ccc(-c5cc(C(F)(F)F)cc(C(F)(F)F)c5)cc4n(-c4ccc(-c5cccc6c7ccccc7n(-c7ccccc7)c56)cc4-c4nc(-c5ccccc5)nc(-c5ccccc5)n4)c3c2)cc(C(F)(F)F)c1. The minimum atomic E-state index is -5.20. The second-order valence-electron chi connectivity index (χ2n) is 20.0. The number of halogens is 12. The average molecular weight is 1140 g/mol. The fourth-order valence-corrected chi connectivity index (χ4v) is 11.0. The van der Waals surface area contributed by atoms with Gasteiger partial charge in [0, 0.05) is 49.5 Å². The topological polar surface area (TPSA) is 48.5 Å². The van der Waals surface area contributed by atoms with Gasteiger partial charge >= 0.3 is 24.7 Å². The van der Waals surface area contributed by atoms with Gasteiger partial charge in [-0.15, -0.1) is 0 Å². The molecule has 13 rings (SSSR count). The molecule has 0 bridgehead atoms. The van der Waals surface area contributed by atoms with Crippen LogP contribution in [0.1, 0.15) is 22.3 Å². The zero-order valence-corrected chi connectivity index (χ0v) is 43.1. The van der Waals surface area contributed by atoms with Gasteiger partial charge in [0.1, 0.15) is 0 Å². The van der Waals surface area contributed by atoms with E-state index < -0.39 is 58.1 Å². The summed E-state index contributed by atoms with van der Waals surface area (Å²) in [6.07, 6.45) is -20.8. The second-order valence-corrected chi connectivity index (χ2v) is 20.0. The van der Waals surface area contributed by atoms with Gasteiger partial charge in [0.25, 0.3) is 0 Å². The summed E-state index contributed by atoms with van der Waals surface area (Å²) in [6, 6.07) is 57.9. The highest BCUT2D eigenvalue weighted by Crippen LogP contribution is 2.46. The molecule has 414 valence electrons. The first kappa shape index (κ1) is 53.3. The molecule has 0 unspecified atom stereocenters. The van der Waals surface area contributed by atoms with Crippen LogP contribution in [0.15, 0.2) is 224 Å². The number of alkyl halides is 12. The summed E-state index contributed by atoms with van der Waals surface area (Å²) in [5.41, 5.74) is -1.31. The van der Waals surface area contributed by atoms with Crippen LogP contribution in [0, 0.1) is 0 Å². The summed E-state index contributed by atoms with van der Waals surface area (Å²) in [5, 5.41) is 2.59. The molecule has 0 saturated carbocycles. The van der Waals surface area contributed by atoms with E-state index >= 15 is 0 Å². The zero-order chi connectivity index (χ0) is 58.5. The van der Waals surface area contributed by atoms with E-state index in [0.29, 0.717) is 51.7 Å². The summed E-state index contributed by atoms with van der Waals surface area (Å²) in [4.78, 5) is 15.2. The highest BCUT2D eigenvalue weighted by atomic mass is 19.4. The number of hydrogen-bond acceptors (Lipinski definition) is 3. The molecule has 0 fully saturated rings. The van der Waals surface area contributed by atoms with Gasteiger partial charge in [0.2, 0.25) is 0 Å². The van der Waals surface area contributed by atoms with Crippen molar-refractivity contribution < 1.29 is 52.7 Å². The van der Waals surface area contributed by atoms with Crippen molar-refractivity contribution in [2.24, 2.45) is 0 Å². The molecule has 0 N–H and O–H groups in total. The molecule has 3 heterocycles. The molecule has 3 aromatic heterocycles. The van der Waals surface area contributed by atoms with Gasteiger partial charge in [-0.3, -0.25) is 0 Å².